The first-order valence-corrected chi connectivity index (χ1v) is 14.9. The van der Waals surface area contributed by atoms with Crippen LogP contribution >= 0.6 is 23.1 Å². The topological polar surface area (TPSA) is 126 Å². The monoisotopic (exact) mass is 558 g/mol. The highest BCUT2D eigenvalue weighted by Gasteiger charge is 2.69. The molecular formula is C27H30N2O7S2. The molecule has 202 valence electrons. The zero-order chi connectivity index (χ0) is 26.7. The van der Waals surface area contributed by atoms with Gasteiger partial charge in [0.15, 0.2) is 11.5 Å². The first-order valence-electron chi connectivity index (χ1n) is 13.2. The van der Waals surface area contributed by atoms with E-state index in [2.05, 4.69) is 4.98 Å². The van der Waals surface area contributed by atoms with Crippen molar-refractivity contribution in [1.82, 2.24) is 9.88 Å². The van der Waals surface area contributed by atoms with Crippen molar-refractivity contribution in [3.63, 3.8) is 0 Å². The summed E-state index contributed by atoms with van der Waals surface area (Å²) in [6, 6.07) is 5.29. The maximum absolute atomic E-state index is 13.6. The van der Waals surface area contributed by atoms with Crippen molar-refractivity contribution in [1.29, 1.82) is 0 Å². The second-order valence-electron chi connectivity index (χ2n) is 10.5. The Kier molecular flexibility index (Phi) is 6.54. The van der Waals surface area contributed by atoms with Crippen LogP contribution in [0.2, 0.25) is 0 Å². The van der Waals surface area contributed by atoms with Gasteiger partial charge < -0.3 is 19.6 Å². The molecule has 2 bridgehead atoms. The number of aromatic nitrogens is 1. The molecule has 1 saturated heterocycles. The van der Waals surface area contributed by atoms with Gasteiger partial charge in [0, 0.05) is 16.0 Å². The molecule has 2 aromatic rings. The molecule has 9 nitrogen and oxygen atoms in total. The van der Waals surface area contributed by atoms with Gasteiger partial charge in [0.2, 0.25) is 11.8 Å². The lowest BCUT2D eigenvalue weighted by Crippen LogP contribution is -2.42. The van der Waals surface area contributed by atoms with Crippen molar-refractivity contribution in [2.24, 2.45) is 29.6 Å². The summed E-state index contributed by atoms with van der Waals surface area (Å²) in [5.74, 6) is -1.83. The van der Waals surface area contributed by atoms with Crippen LogP contribution in [0.15, 0.2) is 28.0 Å². The molecule has 4 aliphatic rings. The van der Waals surface area contributed by atoms with Gasteiger partial charge >= 0.3 is 10.8 Å². The minimum absolute atomic E-state index is 0.0254. The number of nitrogens with zero attached hydrogens (tertiary/aromatic N) is 1. The molecule has 7 atom stereocenters. The summed E-state index contributed by atoms with van der Waals surface area (Å²) in [5.41, 5.74) is 0.912. The molecule has 0 radical (unpaired) electrons. The van der Waals surface area contributed by atoms with Crippen LogP contribution in [0, 0.1) is 29.6 Å². The number of nitrogens with one attached hydrogen (secondary N) is 1. The number of hydrogen-bond donors (Lipinski definition) is 2. The quantitative estimate of drug-likeness (QED) is 0.287. The number of H-pyrrole nitrogens is 1. The van der Waals surface area contributed by atoms with E-state index >= 15 is 0 Å². The Bertz CT molecular complexity index is 1350. The molecule has 2 amide bonds. The number of amides is 2. The fourth-order valence-electron chi connectivity index (χ4n) is 7.11. The smallest absolute Gasteiger partial charge is 0.326 e. The van der Waals surface area contributed by atoms with Gasteiger partial charge in [-0.2, -0.15) is 0 Å². The third-order valence-electron chi connectivity index (χ3n) is 8.51. The van der Waals surface area contributed by atoms with Gasteiger partial charge in [0.05, 0.1) is 30.1 Å². The molecule has 0 spiro atoms. The number of carbonyl (C=O) groups is 3. The summed E-state index contributed by atoms with van der Waals surface area (Å²) in [7, 11) is 0. The van der Waals surface area contributed by atoms with Crippen molar-refractivity contribution >= 4 is 40.9 Å². The van der Waals surface area contributed by atoms with E-state index in [1.165, 1.54) is 11.3 Å². The van der Waals surface area contributed by atoms with Crippen LogP contribution in [0.5, 0.6) is 11.5 Å². The van der Waals surface area contributed by atoms with Gasteiger partial charge in [-0.15, -0.1) is 11.8 Å². The Morgan fingerprint density at radius 1 is 1.16 bits per heavy atom. The number of esters is 1. The second kappa shape index (κ2) is 9.75. The first-order chi connectivity index (χ1) is 18.3. The van der Waals surface area contributed by atoms with Gasteiger partial charge in [-0.05, 0) is 55.2 Å². The van der Waals surface area contributed by atoms with E-state index in [9.17, 15) is 24.3 Å². The van der Waals surface area contributed by atoms with E-state index < -0.39 is 17.8 Å². The molecule has 7 unspecified atom stereocenters. The Labute approximate surface area is 227 Å². The van der Waals surface area contributed by atoms with E-state index in [1.807, 2.05) is 26.0 Å². The molecule has 2 saturated carbocycles. The maximum Gasteiger partial charge on any atom is 0.326 e. The molecule has 3 heterocycles. The predicted octanol–water partition coefficient (Wildman–Crippen LogP) is 3.36. The highest BCUT2D eigenvalue weighted by atomic mass is 32.2. The Hall–Kier alpha value is -2.79. The molecule has 11 heteroatoms. The second-order valence-corrected chi connectivity index (χ2v) is 12.7. The number of ether oxygens (including phenoxy) is 2. The van der Waals surface area contributed by atoms with Crippen LogP contribution in [0.25, 0.3) is 0 Å². The zero-order valence-corrected chi connectivity index (χ0v) is 22.8. The minimum Gasteiger partial charge on any atom is -0.504 e. The van der Waals surface area contributed by atoms with E-state index in [4.69, 9.17) is 9.47 Å². The summed E-state index contributed by atoms with van der Waals surface area (Å²) in [5, 5.41) is 11.2. The number of rotatable bonds is 8. The van der Waals surface area contributed by atoms with Gasteiger partial charge in [-0.1, -0.05) is 30.7 Å². The van der Waals surface area contributed by atoms with Crippen LogP contribution in [0.4, 0.5) is 0 Å². The Balaban J connectivity index is 1.34. The van der Waals surface area contributed by atoms with Crippen molar-refractivity contribution < 1.29 is 29.0 Å². The molecule has 2 aliphatic carbocycles. The number of fused-ring (bicyclic) bond motifs is 9. The molecule has 2 N–H and O–H groups in total. The lowest BCUT2D eigenvalue weighted by molar-refractivity contribution is -0.153. The van der Waals surface area contributed by atoms with Gasteiger partial charge in [0.1, 0.15) is 6.54 Å². The average molecular weight is 559 g/mol. The van der Waals surface area contributed by atoms with Crippen LogP contribution in [-0.2, 0) is 19.1 Å². The normalized spacial score (nSPS) is 30.8. The van der Waals surface area contributed by atoms with E-state index in [0.29, 0.717) is 12.4 Å². The third kappa shape index (κ3) is 3.88. The summed E-state index contributed by atoms with van der Waals surface area (Å²) in [6.07, 6.45) is 2.38. The zero-order valence-electron chi connectivity index (χ0n) is 21.2. The number of benzene rings is 1. The minimum atomic E-state index is -0.551. The number of hydrogen-bond acceptors (Lipinski definition) is 9. The highest BCUT2D eigenvalue weighted by molar-refractivity contribution is 8.00. The lowest BCUT2D eigenvalue weighted by atomic mass is 9.68. The number of thioether (sulfide) groups is 1. The van der Waals surface area contributed by atoms with Crippen LogP contribution < -0.4 is 9.61 Å². The predicted molar refractivity (Wildman–Crippen MR) is 140 cm³/mol. The van der Waals surface area contributed by atoms with Crippen molar-refractivity contribution in [3.8, 4) is 11.5 Å². The molecule has 1 aromatic carbocycles. The number of likely N-dealkylation sites (tertiary alicyclic amines) is 1. The summed E-state index contributed by atoms with van der Waals surface area (Å²) < 4.78 is 10.9. The summed E-state index contributed by atoms with van der Waals surface area (Å²) >= 11 is 2.79. The van der Waals surface area contributed by atoms with Crippen molar-refractivity contribution in [2.45, 2.75) is 49.3 Å². The number of unbranched alkanes of at least 4 members (excludes halogenated alkanes) is 1. The highest BCUT2D eigenvalue weighted by Crippen LogP contribution is 2.68. The van der Waals surface area contributed by atoms with E-state index in [0.717, 1.165) is 39.6 Å². The van der Waals surface area contributed by atoms with Gasteiger partial charge in [-0.3, -0.25) is 24.1 Å². The average Bonchev–Trinajstić information content (AvgIpc) is 3.61. The Morgan fingerprint density at radius 3 is 2.66 bits per heavy atom. The molecule has 6 rings (SSSR count). The number of phenolic OH excluding ortho intramolecular Hbond substituents is 1. The molecular weight excluding hydrogens is 528 g/mol. The fourth-order valence-corrected chi connectivity index (χ4v) is 10.00. The van der Waals surface area contributed by atoms with Crippen LogP contribution in [0.3, 0.4) is 0 Å². The van der Waals surface area contributed by atoms with Crippen LogP contribution in [-0.4, -0.2) is 57.8 Å². The van der Waals surface area contributed by atoms with Crippen LogP contribution in [0.1, 0.15) is 49.5 Å². The molecule has 2 aliphatic heterocycles. The fraction of sp³-hybridized carbons (Fsp3) is 0.556. The number of aromatic amines is 1. The maximum atomic E-state index is 13.6. The number of imide groups is 1. The van der Waals surface area contributed by atoms with E-state index in [1.54, 1.807) is 17.8 Å². The molecule has 38 heavy (non-hydrogen) atoms. The van der Waals surface area contributed by atoms with Crippen molar-refractivity contribution in [2.75, 3.05) is 19.8 Å². The largest absolute Gasteiger partial charge is 0.504 e. The van der Waals surface area contributed by atoms with Gasteiger partial charge in [0.25, 0.3) is 0 Å². The van der Waals surface area contributed by atoms with Gasteiger partial charge in [-0.25, -0.2) is 0 Å². The molecule has 3 fully saturated rings. The number of carbonyl (C=O) groups excluding carboxylic acids is 3. The molecule has 1 aromatic heterocycles. The Morgan fingerprint density at radius 2 is 1.92 bits per heavy atom. The first kappa shape index (κ1) is 25.5. The number of thiazole rings is 1. The lowest BCUT2D eigenvalue weighted by Gasteiger charge is -2.43. The summed E-state index contributed by atoms with van der Waals surface area (Å²) in [6.45, 7) is 4.18. The third-order valence-corrected chi connectivity index (χ3v) is 11.1. The van der Waals surface area contributed by atoms with Crippen molar-refractivity contribution in [3.05, 3.63) is 38.3 Å². The van der Waals surface area contributed by atoms with E-state index in [-0.39, 0.29) is 64.5 Å². The number of aromatic hydroxyl groups is 1. The summed E-state index contributed by atoms with van der Waals surface area (Å²) in [4.78, 5) is 56.7. The standard InChI is InChI=1S/C27H30N2O7S2/c1-3-5-8-36-17(31)11-29-25(32)20-13-10-14(21(20)26(29)33)22-19(13)18(23-24(37-22)28-27(34)38-23)12-6-7-15(30)16(9-12)35-4-2/h6-7,9,13-14,18-22,30H,3-5,8,10-11H2,1-2H3,(H,28,34). The number of phenols is 1. The SMILES string of the molecule is CCCCOC(=O)CN1C(=O)C2C3CC(C2C1=O)C1C(c2ccc(O)c(OCC)c2)c2sc(=O)[nH]c2SC31.